The maximum Gasteiger partial charge on any atom is 0.238 e. The second-order valence-corrected chi connectivity index (χ2v) is 7.06. The maximum absolute atomic E-state index is 12.2. The van der Waals surface area contributed by atoms with E-state index in [9.17, 15) is 9.59 Å². The van der Waals surface area contributed by atoms with Crippen molar-refractivity contribution in [2.24, 2.45) is 0 Å². The fourth-order valence-electron chi connectivity index (χ4n) is 2.19. The molecule has 0 saturated heterocycles. The van der Waals surface area contributed by atoms with Crippen LogP contribution in [0.2, 0.25) is 10.0 Å². The molecular weight excluding hydrogens is 355 g/mol. The summed E-state index contributed by atoms with van der Waals surface area (Å²) in [5.41, 5.74) is 1.21. The average Bonchev–Trinajstić information content (AvgIpc) is 2.51. The molecular formula is C16H12Cl2N2O2S. The van der Waals surface area contributed by atoms with Gasteiger partial charge >= 0.3 is 0 Å². The van der Waals surface area contributed by atoms with Gasteiger partial charge in [0.05, 0.1) is 21.6 Å². The number of thioether (sulfide) groups is 1. The van der Waals surface area contributed by atoms with Crippen LogP contribution in [0, 0.1) is 0 Å². The molecule has 0 unspecified atom stereocenters. The highest BCUT2D eigenvalue weighted by Crippen LogP contribution is 2.36. The minimum atomic E-state index is -0.483. The van der Waals surface area contributed by atoms with Gasteiger partial charge in [0.1, 0.15) is 0 Å². The summed E-state index contributed by atoms with van der Waals surface area (Å²) in [5.74, 6) is -0.470. The van der Waals surface area contributed by atoms with Crippen LogP contribution in [0.4, 0.5) is 11.4 Å². The Morgan fingerprint density at radius 1 is 1.22 bits per heavy atom. The molecule has 1 heterocycles. The first-order chi connectivity index (χ1) is 11.0. The lowest BCUT2D eigenvalue weighted by molar-refractivity contribution is -0.120. The summed E-state index contributed by atoms with van der Waals surface area (Å²) in [4.78, 5) is 25.3. The van der Waals surface area contributed by atoms with E-state index in [-0.39, 0.29) is 18.2 Å². The second kappa shape index (κ2) is 6.83. The van der Waals surface area contributed by atoms with E-state index in [2.05, 4.69) is 10.6 Å². The molecule has 2 N–H and O–H groups in total. The summed E-state index contributed by atoms with van der Waals surface area (Å²) in [6.07, 6.45) is 0.0493. The molecule has 0 radical (unpaired) electrons. The zero-order valence-electron chi connectivity index (χ0n) is 11.8. The zero-order valence-corrected chi connectivity index (χ0v) is 14.1. The molecule has 0 bridgehead atoms. The summed E-state index contributed by atoms with van der Waals surface area (Å²) in [6.45, 7) is 0. The highest BCUT2D eigenvalue weighted by atomic mass is 35.5. The van der Waals surface area contributed by atoms with Gasteiger partial charge in [-0.2, -0.15) is 0 Å². The number of anilines is 2. The van der Waals surface area contributed by atoms with E-state index in [1.54, 1.807) is 18.2 Å². The SMILES string of the molecule is O=C(C[C@H]1Sc2ccccc2NC1=O)Nc1cc(Cl)ccc1Cl. The Morgan fingerprint density at radius 2 is 2.00 bits per heavy atom. The Morgan fingerprint density at radius 3 is 2.83 bits per heavy atom. The zero-order chi connectivity index (χ0) is 16.4. The van der Waals surface area contributed by atoms with Crippen molar-refractivity contribution in [3.8, 4) is 0 Å². The summed E-state index contributed by atoms with van der Waals surface area (Å²) in [7, 11) is 0. The summed E-state index contributed by atoms with van der Waals surface area (Å²) >= 11 is 13.3. The van der Waals surface area contributed by atoms with Crippen molar-refractivity contribution >= 4 is 58.2 Å². The third-order valence-corrected chi connectivity index (χ3v) is 5.12. The number of nitrogens with one attached hydrogen (secondary N) is 2. The van der Waals surface area contributed by atoms with Crippen molar-refractivity contribution in [1.29, 1.82) is 0 Å². The van der Waals surface area contributed by atoms with Crippen molar-refractivity contribution in [2.75, 3.05) is 10.6 Å². The average molecular weight is 367 g/mol. The Labute approximate surface area is 147 Å². The second-order valence-electron chi connectivity index (χ2n) is 4.97. The molecule has 7 heteroatoms. The van der Waals surface area contributed by atoms with Crippen molar-refractivity contribution in [3.63, 3.8) is 0 Å². The van der Waals surface area contributed by atoms with Gasteiger partial charge in [0.2, 0.25) is 11.8 Å². The molecule has 1 aliphatic rings. The fraction of sp³-hybridized carbons (Fsp3) is 0.125. The molecule has 0 spiro atoms. The molecule has 1 aliphatic heterocycles. The van der Waals surface area contributed by atoms with E-state index in [1.165, 1.54) is 11.8 Å². The summed E-state index contributed by atoms with van der Waals surface area (Å²) in [5, 5.41) is 5.90. The Bertz CT molecular complexity index is 782. The number of fused-ring (bicyclic) bond motifs is 1. The van der Waals surface area contributed by atoms with E-state index < -0.39 is 5.25 Å². The van der Waals surface area contributed by atoms with Crippen LogP contribution in [0.15, 0.2) is 47.4 Å². The monoisotopic (exact) mass is 366 g/mol. The highest BCUT2D eigenvalue weighted by molar-refractivity contribution is 8.01. The van der Waals surface area contributed by atoms with E-state index in [0.717, 1.165) is 10.6 Å². The number of rotatable bonds is 3. The fourth-order valence-corrected chi connectivity index (χ4v) is 3.64. The first-order valence-corrected chi connectivity index (χ1v) is 8.48. The topological polar surface area (TPSA) is 58.2 Å². The van der Waals surface area contributed by atoms with Crippen LogP contribution < -0.4 is 10.6 Å². The molecule has 118 valence electrons. The van der Waals surface area contributed by atoms with Gasteiger partial charge in [0.15, 0.2) is 0 Å². The first-order valence-electron chi connectivity index (χ1n) is 6.84. The van der Waals surface area contributed by atoms with Crippen LogP contribution in [0.3, 0.4) is 0 Å². The van der Waals surface area contributed by atoms with Crippen LogP contribution in [-0.2, 0) is 9.59 Å². The minimum absolute atomic E-state index is 0.0493. The van der Waals surface area contributed by atoms with Gasteiger partial charge in [-0.1, -0.05) is 35.3 Å². The van der Waals surface area contributed by atoms with E-state index >= 15 is 0 Å². The van der Waals surface area contributed by atoms with E-state index in [4.69, 9.17) is 23.2 Å². The molecule has 2 aromatic carbocycles. The van der Waals surface area contributed by atoms with Crippen LogP contribution in [-0.4, -0.2) is 17.1 Å². The Kier molecular flexibility index (Phi) is 4.80. The third kappa shape index (κ3) is 3.80. The van der Waals surface area contributed by atoms with Crippen molar-refractivity contribution in [1.82, 2.24) is 0 Å². The van der Waals surface area contributed by atoms with Gasteiger partial charge in [-0.25, -0.2) is 0 Å². The lowest BCUT2D eigenvalue weighted by atomic mass is 10.2. The third-order valence-electron chi connectivity index (χ3n) is 3.28. The summed E-state index contributed by atoms with van der Waals surface area (Å²) in [6, 6.07) is 12.3. The van der Waals surface area contributed by atoms with Gasteiger partial charge in [0, 0.05) is 16.3 Å². The standard InChI is InChI=1S/C16H12Cl2N2O2S/c17-9-5-6-10(18)12(7-9)19-15(21)8-14-16(22)20-11-3-1-2-4-13(11)23-14/h1-7,14H,8H2,(H,19,21)(H,20,22)/t14-/m1/s1. The maximum atomic E-state index is 12.2. The molecule has 0 fully saturated rings. The number of carbonyl (C=O) groups excluding carboxylic acids is 2. The molecule has 4 nitrogen and oxygen atoms in total. The largest absolute Gasteiger partial charge is 0.325 e. The van der Waals surface area contributed by atoms with Gasteiger partial charge in [-0.15, -0.1) is 11.8 Å². The van der Waals surface area contributed by atoms with Gasteiger partial charge in [0.25, 0.3) is 0 Å². The van der Waals surface area contributed by atoms with Gasteiger partial charge in [-0.05, 0) is 30.3 Å². The molecule has 0 aromatic heterocycles. The van der Waals surface area contributed by atoms with Gasteiger partial charge < -0.3 is 10.6 Å². The van der Waals surface area contributed by atoms with Crippen molar-refractivity contribution < 1.29 is 9.59 Å². The molecule has 23 heavy (non-hydrogen) atoms. The van der Waals surface area contributed by atoms with E-state index in [1.807, 2.05) is 24.3 Å². The van der Waals surface area contributed by atoms with Crippen LogP contribution >= 0.6 is 35.0 Å². The van der Waals surface area contributed by atoms with Gasteiger partial charge in [-0.3, -0.25) is 9.59 Å². The molecule has 1 atom stereocenters. The summed E-state index contributed by atoms with van der Waals surface area (Å²) < 4.78 is 0. The number of carbonyl (C=O) groups is 2. The Hall–Kier alpha value is -1.69. The Balaban J connectivity index is 1.69. The smallest absolute Gasteiger partial charge is 0.238 e. The minimum Gasteiger partial charge on any atom is -0.325 e. The van der Waals surface area contributed by atoms with Crippen LogP contribution in [0.25, 0.3) is 0 Å². The molecule has 3 rings (SSSR count). The van der Waals surface area contributed by atoms with Crippen LogP contribution in [0.5, 0.6) is 0 Å². The predicted octanol–water partition coefficient (Wildman–Crippen LogP) is 4.44. The van der Waals surface area contributed by atoms with Crippen molar-refractivity contribution in [2.45, 2.75) is 16.6 Å². The number of benzene rings is 2. The van der Waals surface area contributed by atoms with E-state index in [0.29, 0.717) is 15.7 Å². The lowest BCUT2D eigenvalue weighted by Crippen LogP contribution is -2.32. The number of amides is 2. The molecule has 2 amide bonds. The van der Waals surface area contributed by atoms with Crippen molar-refractivity contribution in [3.05, 3.63) is 52.5 Å². The quantitative estimate of drug-likeness (QED) is 0.844. The first kappa shape index (κ1) is 16.2. The number of halogens is 2. The lowest BCUT2D eigenvalue weighted by Gasteiger charge is -2.23. The predicted molar refractivity (Wildman–Crippen MR) is 94.4 cm³/mol. The number of hydrogen-bond acceptors (Lipinski definition) is 3. The molecule has 2 aromatic rings. The number of hydrogen-bond donors (Lipinski definition) is 2. The normalized spacial score (nSPS) is 16.4. The van der Waals surface area contributed by atoms with Crippen LogP contribution in [0.1, 0.15) is 6.42 Å². The highest BCUT2D eigenvalue weighted by Gasteiger charge is 2.28. The number of para-hydroxylation sites is 1. The molecule has 0 aliphatic carbocycles. The molecule has 0 saturated carbocycles.